The van der Waals surface area contributed by atoms with Gasteiger partial charge in [-0.05, 0) is 37.4 Å². The van der Waals surface area contributed by atoms with Gasteiger partial charge in [-0.15, -0.1) is 0 Å². The number of amides is 1. The highest BCUT2D eigenvalue weighted by Crippen LogP contribution is 2.30. The molecule has 7 heteroatoms. The molecule has 0 saturated carbocycles. The molecule has 2 rings (SSSR count). The third-order valence-electron chi connectivity index (χ3n) is 3.65. The Morgan fingerprint density at radius 1 is 1.67 bits per heavy atom. The first-order chi connectivity index (χ1) is 10.1. The lowest BCUT2D eigenvalue weighted by atomic mass is 9.90. The summed E-state index contributed by atoms with van der Waals surface area (Å²) in [4.78, 5) is 21.9. The molecule has 1 aromatic rings. The first kappa shape index (κ1) is 15.4. The zero-order chi connectivity index (χ0) is 15.2. The van der Waals surface area contributed by atoms with E-state index in [4.69, 9.17) is 17.7 Å². The minimum atomic E-state index is -0.153. The number of carbonyl (C=O) groups is 1. The van der Waals surface area contributed by atoms with Gasteiger partial charge < -0.3 is 4.90 Å². The topological polar surface area (TPSA) is 82.0 Å². The molecule has 110 valence electrons. The van der Waals surface area contributed by atoms with Crippen molar-refractivity contribution < 1.29 is 4.79 Å². The Bertz CT molecular complexity index is 570. The van der Waals surface area contributed by atoms with Crippen LogP contribution in [0.1, 0.15) is 31.4 Å². The van der Waals surface area contributed by atoms with E-state index in [2.05, 4.69) is 15.0 Å². The maximum Gasteiger partial charge on any atom is 0.234 e. The molecule has 0 N–H and O–H groups in total. The van der Waals surface area contributed by atoms with Crippen LogP contribution < -0.4 is 0 Å². The zero-order valence-corrected chi connectivity index (χ0v) is 12.7. The summed E-state index contributed by atoms with van der Waals surface area (Å²) in [5.74, 6) is -0.0770. The number of aromatic nitrogens is 1. The molecule has 0 bridgehead atoms. The molecule has 1 saturated heterocycles. The maximum atomic E-state index is 12.3. The van der Waals surface area contributed by atoms with E-state index in [9.17, 15) is 4.79 Å². The van der Waals surface area contributed by atoms with Crippen LogP contribution in [0.5, 0.6) is 0 Å². The monoisotopic (exact) mass is 303 g/mol. The van der Waals surface area contributed by atoms with Gasteiger partial charge in [0, 0.05) is 29.1 Å². The fourth-order valence-corrected chi connectivity index (χ4v) is 2.76. The van der Waals surface area contributed by atoms with Crippen molar-refractivity contribution in [3.63, 3.8) is 0 Å². The summed E-state index contributed by atoms with van der Waals surface area (Å²) < 4.78 is 0. The first-order valence-corrected chi connectivity index (χ1v) is 7.28. The number of nitrogens with zero attached hydrogens (tertiary/aromatic N) is 5. The van der Waals surface area contributed by atoms with E-state index in [0.717, 1.165) is 23.4 Å². The SMILES string of the molecule is CC(=S)C(CCCN=[N+]=[N-])N1CC(c2ccccn2)C1=O. The lowest BCUT2D eigenvalue weighted by Crippen LogP contribution is -2.57. The van der Waals surface area contributed by atoms with E-state index in [1.54, 1.807) is 11.1 Å². The molecular weight excluding hydrogens is 286 g/mol. The summed E-state index contributed by atoms with van der Waals surface area (Å²) in [6.07, 6.45) is 3.16. The molecule has 1 aromatic heterocycles. The van der Waals surface area contributed by atoms with Crippen LogP contribution in [0.2, 0.25) is 0 Å². The number of β-lactam (4-membered cyclic amide) rings is 1. The molecule has 0 aliphatic carbocycles. The average molecular weight is 303 g/mol. The van der Waals surface area contributed by atoms with Crippen LogP contribution in [-0.2, 0) is 4.79 Å². The highest BCUT2D eigenvalue weighted by atomic mass is 32.1. The van der Waals surface area contributed by atoms with E-state index < -0.39 is 0 Å². The largest absolute Gasteiger partial charge is 0.333 e. The van der Waals surface area contributed by atoms with Crippen molar-refractivity contribution in [1.29, 1.82) is 0 Å². The Hall–Kier alpha value is -1.98. The summed E-state index contributed by atoms with van der Waals surface area (Å²) in [6.45, 7) is 2.94. The Morgan fingerprint density at radius 2 is 2.48 bits per heavy atom. The van der Waals surface area contributed by atoms with E-state index >= 15 is 0 Å². The third-order valence-corrected chi connectivity index (χ3v) is 3.92. The number of likely N-dealkylation sites (tertiary alicyclic amines) is 1. The summed E-state index contributed by atoms with van der Waals surface area (Å²) in [5, 5.41) is 3.51. The number of carbonyl (C=O) groups excluding carboxylic acids is 1. The van der Waals surface area contributed by atoms with Gasteiger partial charge in [0.25, 0.3) is 0 Å². The van der Waals surface area contributed by atoms with Gasteiger partial charge in [0.15, 0.2) is 0 Å². The van der Waals surface area contributed by atoms with Crippen molar-refractivity contribution in [3.05, 3.63) is 40.5 Å². The highest BCUT2D eigenvalue weighted by molar-refractivity contribution is 7.80. The Kier molecular flexibility index (Phi) is 5.25. The number of azide groups is 1. The second kappa shape index (κ2) is 7.15. The average Bonchev–Trinajstić information content (AvgIpc) is 2.49. The summed E-state index contributed by atoms with van der Waals surface area (Å²) >= 11 is 5.27. The number of pyridine rings is 1. The van der Waals surface area contributed by atoms with Crippen molar-refractivity contribution in [3.8, 4) is 0 Å². The third kappa shape index (κ3) is 3.56. The summed E-state index contributed by atoms with van der Waals surface area (Å²) in [6, 6.07) is 5.55. The number of thiocarbonyl (C=S) groups is 1. The van der Waals surface area contributed by atoms with Gasteiger partial charge >= 0.3 is 0 Å². The molecule has 1 aliphatic heterocycles. The van der Waals surface area contributed by atoms with Crippen molar-refractivity contribution in [2.45, 2.75) is 31.7 Å². The fraction of sp³-hybridized carbons (Fsp3) is 0.500. The van der Waals surface area contributed by atoms with Crippen LogP contribution in [0.4, 0.5) is 0 Å². The molecule has 0 radical (unpaired) electrons. The van der Waals surface area contributed by atoms with Crippen molar-refractivity contribution >= 4 is 23.0 Å². The smallest absolute Gasteiger partial charge is 0.234 e. The van der Waals surface area contributed by atoms with E-state index in [1.165, 1.54) is 0 Å². The van der Waals surface area contributed by atoms with Gasteiger partial charge in [-0.2, -0.15) is 0 Å². The molecule has 0 aromatic carbocycles. The lowest BCUT2D eigenvalue weighted by molar-refractivity contribution is -0.144. The molecule has 6 nitrogen and oxygen atoms in total. The first-order valence-electron chi connectivity index (χ1n) is 6.88. The minimum absolute atomic E-state index is 0.0543. The van der Waals surface area contributed by atoms with Crippen LogP contribution in [-0.4, -0.2) is 39.8 Å². The van der Waals surface area contributed by atoms with E-state index in [0.29, 0.717) is 13.1 Å². The predicted molar refractivity (Wildman–Crippen MR) is 84.0 cm³/mol. The van der Waals surface area contributed by atoms with Crippen LogP contribution in [0.25, 0.3) is 10.4 Å². The molecule has 1 amide bonds. The lowest BCUT2D eigenvalue weighted by Gasteiger charge is -2.43. The second-order valence-corrected chi connectivity index (χ2v) is 5.66. The Balaban J connectivity index is 1.96. The van der Waals surface area contributed by atoms with Gasteiger partial charge in [-0.3, -0.25) is 9.78 Å². The van der Waals surface area contributed by atoms with Gasteiger partial charge in [0.1, 0.15) is 0 Å². The quantitative estimate of drug-likeness (QED) is 0.194. The van der Waals surface area contributed by atoms with E-state index in [1.807, 2.05) is 25.1 Å². The molecular formula is C14H17N5OS. The molecule has 21 heavy (non-hydrogen) atoms. The Labute approximate surface area is 128 Å². The highest BCUT2D eigenvalue weighted by Gasteiger charge is 2.42. The summed E-state index contributed by atoms with van der Waals surface area (Å²) in [5.41, 5.74) is 9.08. The second-order valence-electron chi connectivity index (χ2n) is 5.02. The van der Waals surface area contributed by atoms with Crippen LogP contribution in [0, 0.1) is 0 Å². The molecule has 2 heterocycles. The Morgan fingerprint density at radius 3 is 3.05 bits per heavy atom. The maximum absolute atomic E-state index is 12.3. The number of hydrogen-bond acceptors (Lipinski definition) is 4. The van der Waals surface area contributed by atoms with Crippen LogP contribution in [0.15, 0.2) is 29.5 Å². The normalized spacial score (nSPS) is 18.6. The molecule has 1 aliphatic rings. The van der Waals surface area contributed by atoms with Crippen LogP contribution in [0.3, 0.4) is 0 Å². The summed E-state index contributed by atoms with van der Waals surface area (Å²) in [7, 11) is 0. The van der Waals surface area contributed by atoms with E-state index in [-0.39, 0.29) is 17.9 Å². The van der Waals surface area contributed by atoms with Crippen molar-refractivity contribution in [2.75, 3.05) is 13.1 Å². The standard InChI is InChI=1S/C14H17N5OS/c1-10(21)13(6-4-8-17-18-15)19-9-11(14(19)20)12-5-2-3-7-16-12/h2-3,5,7,11,13H,4,6,8-9H2,1H3. The van der Waals surface area contributed by atoms with Crippen LogP contribution >= 0.6 is 12.2 Å². The zero-order valence-electron chi connectivity index (χ0n) is 11.8. The predicted octanol–water partition coefficient (Wildman–Crippen LogP) is 2.86. The molecule has 2 atom stereocenters. The van der Waals surface area contributed by atoms with Gasteiger partial charge in [-0.1, -0.05) is 23.4 Å². The van der Waals surface area contributed by atoms with Gasteiger partial charge in [-0.25, -0.2) is 0 Å². The van der Waals surface area contributed by atoms with Crippen molar-refractivity contribution in [2.24, 2.45) is 5.11 Å². The number of rotatable bonds is 7. The molecule has 2 unspecified atom stereocenters. The van der Waals surface area contributed by atoms with Gasteiger partial charge in [0.2, 0.25) is 5.91 Å². The number of hydrogen-bond donors (Lipinski definition) is 0. The molecule has 0 spiro atoms. The fourth-order valence-electron chi connectivity index (χ4n) is 2.51. The molecule has 1 fully saturated rings. The van der Waals surface area contributed by atoms with Crippen molar-refractivity contribution in [1.82, 2.24) is 9.88 Å². The van der Waals surface area contributed by atoms with Gasteiger partial charge in [0.05, 0.1) is 17.7 Å². The minimum Gasteiger partial charge on any atom is -0.333 e.